The molecule has 0 bridgehead atoms. The molecule has 2 nitrogen and oxygen atoms in total. The zero-order valence-electron chi connectivity index (χ0n) is 12.8. The van der Waals surface area contributed by atoms with Crippen molar-refractivity contribution in [1.82, 2.24) is 0 Å². The molecule has 0 spiro atoms. The van der Waals surface area contributed by atoms with Gasteiger partial charge in [-0.2, -0.15) is 5.26 Å². The van der Waals surface area contributed by atoms with Crippen molar-refractivity contribution in [3.8, 4) is 6.07 Å². The van der Waals surface area contributed by atoms with E-state index in [9.17, 15) is 10.4 Å². The van der Waals surface area contributed by atoms with E-state index >= 15 is 0 Å². The minimum Gasteiger partial charge on any atom is -0.388 e. The number of aliphatic hydroxyl groups is 1. The van der Waals surface area contributed by atoms with Crippen LogP contribution in [0, 0.1) is 28.1 Å². The third-order valence-electron chi connectivity index (χ3n) is 6.12. The van der Waals surface area contributed by atoms with Crippen molar-refractivity contribution in [2.75, 3.05) is 0 Å². The quantitative estimate of drug-likeness (QED) is 0.818. The topological polar surface area (TPSA) is 44.0 Å². The maximum Gasteiger partial charge on any atom is 0.0883 e. The molecule has 0 aromatic heterocycles. The molecule has 1 atom stereocenters. The van der Waals surface area contributed by atoms with Crippen LogP contribution in [0.1, 0.15) is 78.6 Å². The minimum absolute atomic E-state index is 0.111. The normalized spacial score (nSPS) is 41.9. The van der Waals surface area contributed by atoms with Gasteiger partial charge in [0, 0.05) is 0 Å². The van der Waals surface area contributed by atoms with Crippen molar-refractivity contribution in [1.29, 1.82) is 5.26 Å². The van der Waals surface area contributed by atoms with Crippen LogP contribution in [0.15, 0.2) is 0 Å². The van der Waals surface area contributed by atoms with Crippen LogP contribution in [0.5, 0.6) is 0 Å². The van der Waals surface area contributed by atoms with Gasteiger partial charge in [0.1, 0.15) is 0 Å². The molecule has 2 aliphatic carbocycles. The van der Waals surface area contributed by atoms with Gasteiger partial charge < -0.3 is 5.11 Å². The zero-order valence-corrected chi connectivity index (χ0v) is 12.8. The Hall–Kier alpha value is -0.550. The number of hydrogen-bond donors (Lipinski definition) is 1. The van der Waals surface area contributed by atoms with Gasteiger partial charge in [0.25, 0.3) is 0 Å². The van der Waals surface area contributed by atoms with Crippen LogP contribution in [0.25, 0.3) is 0 Å². The van der Waals surface area contributed by atoms with Gasteiger partial charge in [0.05, 0.1) is 17.1 Å². The standard InChI is InChI=1S/C17H29NO/c1-4-6-14-7-11-16(13-18,12-8-14)17(19)10-5-9-15(17,2)3/h14,19H,4-12H2,1-3H3. The summed E-state index contributed by atoms with van der Waals surface area (Å²) in [6.07, 6.45) is 9.48. The molecule has 2 saturated carbocycles. The van der Waals surface area contributed by atoms with Crippen LogP contribution in [-0.4, -0.2) is 10.7 Å². The summed E-state index contributed by atoms with van der Waals surface area (Å²) in [5, 5.41) is 21.1. The van der Waals surface area contributed by atoms with Crippen LogP contribution in [0.4, 0.5) is 0 Å². The summed E-state index contributed by atoms with van der Waals surface area (Å²) in [5.74, 6) is 0.777. The number of nitriles is 1. The summed E-state index contributed by atoms with van der Waals surface area (Å²) < 4.78 is 0. The number of rotatable bonds is 3. The molecular weight excluding hydrogens is 234 g/mol. The molecule has 0 heterocycles. The van der Waals surface area contributed by atoms with Crippen molar-refractivity contribution >= 4 is 0 Å². The van der Waals surface area contributed by atoms with Gasteiger partial charge in [0.2, 0.25) is 0 Å². The molecule has 0 radical (unpaired) electrons. The Kier molecular flexibility index (Phi) is 3.98. The Morgan fingerprint density at radius 3 is 2.21 bits per heavy atom. The molecular formula is C17H29NO. The molecule has 108 valence electrons. The van der Waals surface area contributed by atoms with Gasteiger partial charge in [-0.1, -0.05) is 33.6 Å². The average Bonchev–Trinajstić information content (AvgIpc) is 2.67. The third-order valence-corrected chi connectivity index (χ3v) is 6.12. The van der Waals surface area contributed by atoms with Crippen molar-refractivity contribution in [2.45, 2.75) is 84.2 Å². The van der Waals surface area contributed by atoms with Crippen LogP contribution < -0.4 is 0 Å². The maximum absolute atomic E-state index is 11.3. The van der Waals surface area contributed by atoms with Crippen LogP contribution >= 0.6 is 0 Å². The molecule has 2 aliphatic rings. The van der Waals surface area contributed by atoms with Crippen LogP contribution in [0.2, 0.25) is 0 Å². The lowest BCUT2D eigenvalue weighted by Gasteiger charge is -2.51. The van der Waals surface area contributed by atoms with Gasteiger partial charge in [-0.15, -0.1) is 0 Å². The summed E-state index contributed by atoms with van der Waals surface area (Å²) in [6.45, 7) is 6.54. The second kappa shape index (κ2) is 5.09. The Labute approximate surface area is 118 Å². The summed E-state index contributed by atoms with van der Waals surface area (Å²) in [4.78, 5) is 0. The summed E-state index contributed by atoms with van der Waals surface area (Å²) in [6, 6.07) is 2.57. The fourth-order valence-corrected chi connectivity index (χ4v) is 4.70. The summed E-state index contributed by atoms with van der Waals surface area (Å²) in [7, 11) is 0. The Bertz CT molecular complexity index is 360. The lowest BCUT2D eigenvalue weighted by Crippen LogP contribution is -2.55. The molecule has 0 aromatic rings. The number of nitrogens with zero attached hydrogens (tertiary/aromatic N) is 1. The molecule has 19 heavy (non-hydrogen) atoms. The van der Waals surface area contributed by atoms with E-state index in [0.717, 1.165) is 50.9 Å². The van der Waals surface area contributed by atoms with Crippen LogP contribution in [0.3, 0.4) is 0 Å². The smallest absolute Gasteiger partial charge is 0.0883 e. The predicted molar refractivity (Wildman–Crippen MR) is 77.5 cm³/mol. The fraction of sp³-hybridized carbons (Fsp3) is 0.941. The van der Waals surface area contributed by atoms with E-state index in [1.165, 1.54) is 12.8 Å². The first kappa shape index (κ1) is 14.9. The average molecular weight is 263 g/mol. The predicted octanol–water partition coefficient (Wildman–Crippen LogP) is 4.43. The van der Waals surface area contributed by atoms with Crippen LogP contribution in [-0.2, 0) is 0 Å². The third kappa shape index (κ3) is 2.21. The molecule has 0 saturated heterocycles. The van der Waals surface area contributed by atoms with Crippen molar-refractivity contribution in [2.24, 2.45) is 16.7 Å². The highest BCUT2D eigenvalue weighted by atomic mass is 16.3. The molecule has 2 heteroatoms. The second-order valence-electron chi connectivity index (χ2n) is 7.52. The van der Waals surface area contributed by atoms with E-state index in [0.29, 0.717) is 0 Å². The molecule has 1 N–H and O–H groups in total. The minimum atomic E-state index is -0.772. The van der Waals surface area contributed by atoms with E-state index < -0.39 is 11.0 Å². The summed E-state index contributed by atoms with van der Waals surface area (Å²) in [5.41, 5.74) is -1.37. The van der Waals surface area contributed by atoms with Crippen molar-refractivity contribution in [3.05, 3.63) is 0 Å². The molecule has 2 rings (SSSR count). The van der Waals surface area contributed by atoms with Crippen molar-refractivity contribution in [3.63, 3.8) is 0 Å². The number of hydrogen-bond acceptors (Lipinski definition) is 2. The summed E-state index contributed by atoms with van der Waals surface area (Å²) >= 11 is 0. The SMILES string of the molecule is CCCC1CCC(C#N)(C2(O)CCCC2(C)C)CC1. The lowest BCUT2D eigenvalue weighted by atomic mass is 9.55. The monoisotopic (exact) mass is 263 g/mol. The largest absolute Gasteiger partial charge is 0.388 e. The Balaban J connectivity index is 2.19. The van der Waals surface area contributed by atoms with E-state index in [1.54, 1.807) is 0 Å². The highest BCUT2D eigenvalue weighted by molar-refractivity contribution is 5.19. The van der Waals surface area contributed by atoms with Gasteiger partial charge in [-0.3, -0.25) is 0 Å². The first-order valence-corrected chi connectivity index (χ1v) is 8.04. The van der Waals surface area contributed by atoms with Gasteiger partial charge in [-0.05, 0) is 56.3 Å². The first-order chi connectivity index (χ1) is 8.91. The molecule has 1 unspecified atom stereocenters. The van der Waals surface area contributed by atoms with Gasteiger partial charge in [-0.25, -0.2) is 0 Å². The maximum atomic E-state index is 11.3. The van der Waals surface area contributed by atoms with Gasteiger partial charge >= 0.3 is 0 Å². The molecule has 0 aromatic carbocycles. The zero-order chi connectivity index (χ0) is 14.1. The van der Waals surface area contributed by atoms with E-state index in [1.807, 2.05) is 0 Å². The first-order valence-electron chi connectivity index (χ1n) is 8.04. The van der Waals surface area contributed by atoms with Crippen molar-refractivity contribution < 1.29 is 5.11 Å². The van der Waals surface area contributed by atoms with E-state index in [4.69, 9.17) is 0 Å². The highest BCUT2D eigenvalue weighted by Gasteiger charge is 2.61. The molecule has 0 amide bonds. The highest BCUT2D eigenvalue weighted by Crippen LogP contribution is 2.60. The van der Waals surface area contributed by atoms with Gasteiger partial charge in [0.15, 0.2) is 0 Å². The van der Waals surface area contributed by atoms with E-state index in [-0.39, 0.29) is 5.41 Å². The Morgan fingerprint density at radius 2 is 1.79 bits per heavy atom. The van der Waals surface area contributed by atoms with E-state index in [2.05, 4.69) is 26.8 Å². The second-order valence-corrected chi connectivity index (χ2v) is 7.52. The lowest BCUT2D eigenvalue weighted by molar-refractivity contribution is -0.137. The Morgan fingerprint density at radius 1 is 1.16 bits per heavy atom. The molecule has 2 fully saturated rings. The molecule has 0 aliphatic heterocycles. The fourth-order valence-electron chi connectivity index (χ4n) is 4.70.